The average molecular weight is 266 g/mol. The van der Waals surface area contributed by atoms with Gasteiger partial charge in [-0.05, 0) is 19.4 Å². The molecule has 1 aromatic rings. The van der Waals surface area contributed by atoms with Gasteiger partial charge >= 0.3 is 5.97 Å². The number of carboxylic acids is 1. The van der Waals surface area contributed by atoms with Crippen LogP contribution in [0, 0.1) is 6.92 Å². The van der Waals surface area contributed by atoms with Crippen LogP contribution < -0.4 is 0 Å². The zero-order valence-corrected chi connectivity index (χ0v) is 11.0. The Kier molecular flexibility index (Phi) is 4.21. The quantitative estimate of drug-likeness (QED) is 0.876. The first kappa shape index (κ1) is 13.6. The minimum atomic E-state index is -0.832. The molecule has 2 heterocycles. The average Bonchev–Trinajstić information content (AvgIpc) is 2.64. The lowest BCUT2D eigenvalue weighted by atomic mass is 10.2. The molecule has 1 fully saturated rings. The van der Waals surface area contributed by atoms with Gasteiger partial charge in [-0.3, -0.25) is 14.5 Å². The molecule has 0 spiro atoms. The predicted octanol–water partition coefficient (Wildman–Crippen LogP) is 0.821. The van der Waals surface area contributed by atoms with Crippen molar-refractivity contribution >= 4 is 11.9 Å². The molecule has 0 unspecified atom stereocenters. The van der Waals surface area contributed by atoms with Crippen LogP contribution in [0.4, 0.5) is 0 Å². The van der Waals surface area contributed by atoms with Gasteiger partial charge in [0.1, 0.15) is 0 Å². The minimum absolute atomic E-state index is 0.0296. The lowest BCUT2D eigenvalue weighted by Gasteiger charge is -2.20. The number of hydrogen-bond acceptors (Lipinski definition) is 4. The number of furan rings is 1. The van der Waals surface area contributed by atoms with Gasteiger partial charge in [0.25, 0.3) is 5.91 Å². The van der Waals surface area contributed by atoms with Crippen molar-refractivity contribution in [2.45, 2.75) is 13.3 Å². The second-order valence-electron chi connectivity index (χ2n) is 4.75. The Bertz CT molecular complexity index is 469. The second-order valence-corrected chi connectivity index (χ2v) is 4.75. The fraction of sp³-hybridized carbons (Fsp3) is 0.538. The SMILES string of the molecule is Cc1ccoc1C(=O)N1CCCN(CC(=O)O)CC1. The van der Waals surface area contributed by atoms with Crippen molar-refractivity contribution in [1.82, 2.24) is 9.80 Å². The largest absolute Gasteiger partial charge is 0.480 e. The number of carbonyl (C=O) groups is 2. The van der Waals surface area contributed by atoms with E-state index in [0.717, 1.165) is 12.0 Å². The molecule has 1 aromatic heterocycles. The van der Waals surface area contributed by atoms with Gasteiger partial charge in [0, 0.05) is 31.7 Å². The zero-order valence-electron chi connectivity index (χ0n) is 11.0. The molecule has 6 heteroatoms. The van der Waals surface area contributed by atoms with E-state index in [-0.39, 0.29) is 12.5 Å². The smallest absolute Gasteiger partial charge is 0.317 e. The second kappa shape index (κ2) is 5.88. The molecule has 0 aromatic carbocycles. The summed E-state index contributed by atoms with van der Waals surface area (Å²) in [5.41, 5.74) is 0.830. The molecule has 1 saturated heterocycles. The van der Waals surface area contributed by atoms with Crippen LogP contribution in [0.15, 0.2) is 16.7 Å². The van der Waals surface area contributed by atoms with Crippen molar-refractivity contribution in [1.29, 1.82) is 0 Å². The van der Waals surface area contributed by atoms with Crippen LogP contribution in [-0.2, 0) is 4.79 Å². The molecule has 1 aliphatic rings. The summed E-state index contributed by atoms with van der Waals surface area (Å²) in [6, 6.07) is 1.77. The Balaban J connectivity index is 1.97. The molecule has 1 N–H and O–H groups in total. The molecular weight excluding hydrogens is 248 g/mol. The third-order valence-corrected chi connectivity index (χ3v) is 3.29. The van der Waals surface area contributed by atoms with E-state index < -0.39 is 5.97 Å². The van der Waals surface area contributed by atoms with Gasteiger partial charge in [0.05, 0.1) is 12.8 Å². The van der Waals surface area contributed by atoms with Crippen molar-refractivity contribution in [3.8, 4) is 0 Å². The van der Waals surface area contributed by atoms with Crippen LogP contribution in [0.2, 0.25) is 0 Å². The number of rotatable bonds is 3. The number of carbonyl (C=O) groups excluding carboxylic acids is 1. The lowest BCUT2D eigenvalue weighted by Crippen LogP contribution is -2.36. The molecule has 6 nitrogen and oxygen atoms in total. The molecule has 1 aliphatic heterocycles. The van der Waals surface area contributed by atoms with Crippen molar-refractivity contribution in [3.63, 3.8) is 0 Å². The van der Waals surface area contributed by atoms with E-state index in [1.165, 1.54) is 6.26 Å². The van der Waals surface area contributed by atoms with Gasteiger partial charge < -0.3 is 14.4 Å². The van der Waals surface area contributed by atoms with Gasteiger partial charge in [-0.1, -0.05) is 0 Å². The van der Waals surface area contributed by atoms with Gasteiger partial charge in [-0.15, -0.1) is 0 Å². The number of carboxylic acid groups (broad SMARTS) is 1. The Morgan fingerprint density at radius 3 is 2.74 bits per heavy atom. The minimum Gasteiger partial charge on any atom is -0.480 e. The molecule has 0 saturated carbocycles. The standard InChI is InChI=1S/C13H18N2O4/c1-10-3-8-19-12(10)13(18)15-5-2-4-14(6-7-15)9-11(16)17/h3,8H,2,4-7,9H2,1H3,(H,16,17). The molecule has 19 heavy (non-hydrogen) atoms. The van der Waals surface area contributed by atoms with Crippen LogP contribution >= 0.6 is 0 Å². The van der Waals surface area contributed by atoms with Crippen LogP contribution in [-0.4, -0.2) is 59.5 Å². The first-order chi connectivity index (χ1) is 9.08. The maximum absolute atomic E-state index is 12.3. The van der Waals surface area contributed by atoms with Gasteiger partial charge in [-0.25, -0.2) is 0 Å². The van der Waals surface area contributed by atoms with Crippen LogP contribution in [0.5, 0.6) is 0 Å². The van der Waals surface area contributed by atoms with E-state index in [1.54, 1.807) is 11.0 Å². The van der Waals surface area contributed by atoms with Gasteiger partial charge in [-0.2, -0.15) is 0 Å². The Morgan fingerprint density at radius 2 is 2.11 bits per heavy atom. The number of nitrogens with zero attached hydrogens (tertiary/aromatic N) is 2. The molecular formula is C13H18N2O4. The summed E-state index contributed by atoms with van der Waals surface area (Å²) in [6.07, 6.45) is 2.29. The first-order valence-corrected chi connectivity index (χ1v) is 6.35. The number of aliphatic carboxylic acids is 1. The highest BCUT2D eigenvalue weighted by atomic mass is 16.4. The molecule has 2 rings (SSSR count). The van der Waals surface area contributed by atoms with E-state index in [9.17, 15) is 9.59 Å². The zero-order chi connectivity index (χ0) is 13.8. The third kappa shape index (κ3) is 3.35. The van der Waals surface area contributed by atoms with E-state index in [0.29, 0.717) is 31.9 Å². The maximum atomic E-state index is 12.3. The molecule has 0 atom stereocenters. The molecule has 0 bridgehead atoms. The summed E-state index contributed by atoms with van der Waals surface area (Å²) in [4.78, 5) is 26.5. The van der Waals surface area contributed by atoms with E-state index >= 15 is 0 Å². The summed E-state index contributed by atoms with van der Waals surface area (Å²) in [7, 11) is 0. The summed E-state index contributed by atoms with van der Waals surface area (Å²) < 4.78 is 5.21. The van der Waals surface area contributed by atoms with Gasteiger partial charge in [0.2, 0.25) is 0 Å². The van der Waals surface area contributed by atoms with E-state index in [1.807, 2.05) is 11.8 Å². The molecule has 1 amide bonds. The third-order valence-electron chi connectivity index (χ3n) is 3.29. The Hall–Kier alpha value is -1.82. The van der Waals surface area contributed by atoms with Gasteiger partial charge in [0.15, 0.2) is 5.76 Å². The van der Waals surface area contributed by atoms with Crippen molar-refractivity contribution in [2.75, 3.05) is 32.7 Å². The number of hydrogen-bond donors (Lipinski definition) is 1. The van der Waals surface area contributed by atoms with Crippen molar-refractivity contribution in [3.05, 3.63) is 23.7 Å². The normalized spacial score (nSPS) is 17.2. The van der Waals surface area contributed by atoms with E-state index in [2.05, 4.69) is 0 Å². The molecule has 0 aliphatic carbocycles. The maximum Gasteiger partial charge on any atom is 0.317 e. The summed E-state index contributed by atoms with van der Waals surface area (Å²) >= 11 is 0. The van der Waals surface area contributed by atoms with Crippen molar-refractivity contribution < 1.29 is 19.1 Å². The van der Waals surface area contributed by atoms with Crippen LogP contribution in [0.25, 0.3) is 0 Å². The highest BCUT2D eigenvalue weighted by Gasteiger charge is 2.23. The fourth-order valence-electron chi connectivity index (χ4n) is 2.26. The van der Waals surface area contributed by atoms with E-state index in [4.69, 9.17) is 9.52 Å². The highest BCUT2D eigenvalue weighted by Crippen LogP contribution is 2.14. The summed E-state index contributed by atoms with van der Waals surface area (Å²) in [5.74, 6) is -0.562. The Labute approximate surface area is 111 Å². The number of amides is 1. The fourth-order valence-corrected chi connectivity index (χ4v) is 2.26. The summed E-state index contributed by atoms with van der Waals surface area (Å²) in [5, 5.41) is 8.78. The number of aryl methyl sites for hydroxylation is 1. The lowest BCUT2D eigenvalue weighted by molar-refractivity contribution is -0.138. The topological polar surface area (TPSA) is 74.0 Å². The monoisotopic (exact) mass is 266 g/mol. The first-order valence-electron chi connectivity index (χ1n) is 6.35. The summed E-state index contributed by atoms with van der Waals surface area (Å²) in [6.45, 7) is 4.32. The van der Waals surface area contributed by atoms with Crippen molar-refractivity contribution in [2.24, 2.45) is 0 Å². The highest BCUT2D eigenvalue weighted by molar-refractivity contribution is 5.92. The van der Waals surface area contributed by atoms with Crippen LogP contribution in [0.1, 0.15) is 22.5 Å². The predicted molar refractivity (Wildman–Crippen MR) is 68.0 cm³/mol. The molecule has 104 valence electrons. The van der Waals surface area contributed by atoms with Crippen LogP contribution in [0.3, 0.4) is 0 Å². The molecule has 0 radical (unpaired) electrons. The Morgan fingerprint density at radius 1 is 1.32 bits per heavy atom.